The summed E-state index contributed by atoms with van der Waals surface area (Å²) in [6, 6.07) is 5.12. The molecule has 114 valence electrons. The van der Waals surface area contributed by atoms with E-state index in [1.165, 1.54) is 0 Å². The van der Waals surface area contributed by atoms with Gasteiger partial charge in [0.1, 0.15) is 5.54 Å². The van der Waals surface area contributed by atoms with E-state index in [9.17, 15) is 14.7 Å². The number of aryl methyl sites for hydroxylation is 1. The Morgan fingerprint density at radius 1 is 1.29 bits per heavy atom. The van der Waals surface area contributed by atoms with Crippen molar-refractivity contribution in [1.29, 1.82) is 0 Å². The maximum absolute atomic E-state index is 12.0. The van der Waals surface area contributed by atoms with Crippen molar-refractivity contribution in [2.24, 2.45) is 0 Å². The van der Waals surface area contributed by atoms with Crippen LogP contribution in [-0.2, 0) is 11.3 Å². The summed E-state index contributed by atoms with van der Waals surface area (Å²) in [7, 11) is 0. The number of rotatable bonds is 4. The second-order valence-electron chi connectivity index (χ2n) is 5.53. The molecule has 1 heterocycles. The summed E-state index contributed by atoms with van der Waals surface area (Å²) in [5, 5.41) is 14.7. The largest absolute Gasteiger partial charge is 0.480 e. The number of carbonyl (C=O) groups excluding carboxylic acids is 1. The summed E-state index contributed by atoms with van der Waals surface area (Å²) in [4.78, 5) is 27.7. The van der Waals surface area contributed by atoms with Crippen molar-refractivity contribution in [3.05, 3.63) is 29.6 Å². The number of amides is 2. The molecule has 0 atom stereocenters. The van der Waals surface area contributed by atoms with E-state index in [0.29, 0.717) is 12.8 Å². The Morgan fingerprint density at radius 3 is 2.62 bits per heavy atom. The van der Waals surface area contributed by atoms with Gasteiger partial charge in [-0.25, -0.2) is 9.59 Å². The number of pyridine rings is 1. The van der Waals surface area contributed by atoms with Gasteiger partial charge in [0.25, 0.3) is 0 Å². The molecule has 1 aromatic heterocycles. The maximum atomic E-state index is 12.0. The lowest BCUT2D eigenvalue weighted by Crippen LogP contribution is -2.57. The van der Waals surface area contributed by atoms with Crippen LogP contribution in [0.3, 0.4) is 0 Å². The van der Waals surface area contributed by atoms with Crippen LogP contribution < -0.4 is 10.6 Å². The molecular weight excluding hydrogens is 270 g/mol. The van der Waals surface area contributed by atoms with E-state index in [-0.39, 0.29) is 6.54 Å². The Hall–Kier alpha value is -2.11. The molecular formula is C15H21N3O3. The van der Waals surface area contributed by atoms with Gasteiger partial charge in [0.15, 0.2) is 0 Å². The van der Waals surface area contributed by atoms with Gasteiger partial charge in [-0.1, -0.05) is 25.3 Å². The summed E-state index contributed by atoms with van der Waals surface area (Å²) >= 11 is 0. The standard InChI is InChI=1S/C15H21N3O3/c1-11-6-5-7-12(17-11)10-16-14(21)18-15(13(19)20)8-3-2-4-9-15/h5-7H,2-4,8-10H2,1H3,(H,19,20)(H2,16,18,21). The lowest BCUT2D eigenvalue weighted by Gasteiger charge is -2.33. The van der Waals surface area contributed by atoms with E-state index in [4.69, 9.17) is 0 Å². The lowest BCUT2D eigenvalue weighted by atomic mass is 9.82. The minimum absolute atomic E-state index is 0.281. The average molecular weight is 291 g/mol. The number of hydrogen-bond acceptors (Lipinski definition) is 3. The van der Waals surface area contributed by atoms with Gasteiger partial charge in [0.2, 0.25) is 0 Å². The number of carbonyl (C=O) groups is 2. The SMILES string of the molecule is Cc1cccc(CNC(=O)NC2(C(=O)O)CCCCC2)n1. The van der Waals surface area contributed by atoms with E-state index >= 15 is 0 Å². The summed E-state index contributed by atoms with van der Waals surface area (Å²) in [6.45, 7) is 2.16. The smallest absolute Gasteiger partial charge is 0.329 e. The first-order chi connectivity index (χ1) is 10.0. The van der Waals surface area contributed by atoms with Gasteiger partial charge < -0.3 is 15.7 Å². The normalized spacial score (nSPS) is 17.0. The molecule has 2 rings (SSSR count). The van der Waals surface area contributed by atoms with Crippen LogP contribution in [0.15, 0.2) is 18.2 Å². The van der Waals surface area contributed by atoms with Crippen LogP contribution in [0.5, 0.6) is 0 Å². The van der Waals surface area contributed by atoms with Crippen LogP contribution in [-0.4, -0.2) is 27.6 Å². The van der Waals surface area contributed by atoms with Gasteiger partial charge in [-0.3, -0.25) is 4.98 Å². The number of urea groups is 1. The lowest BCUT2D eigenvalue weighted by molar-refractivity contribution is -0.145. The van der Waals surface area contributed by atoms with Crippen molar-refractivity contribution >= 4 is 12.0 Å². The fourth-order valence-corrected chi connectivity index (χ4v) is 2.68. The maximum Gasteiger partial charge on any atom is 0.329 e. The monoisotopic (exact) mass is 291 g/mol. The zero-order valence-electron chi connectivity index (χ0n) is 12.2. The molecule has 0 unspecified atom stereocenters. The molecule has 0 radical (unpaired) electrons. The number of hydrogen-bond donors (Lipinski definition) is 3. The number of nitrogens with zero attached hydrogens (tertiary/aromatic N) is 1. The van der Waals surface area contributed by atoms with E-state index in [2.05, 4.69) is 15.6 Å². The molecule has 6 heteroatoms. The van der Waals surface area contributed by atoms with E-state index in [1.807, 2.05) is 25.1 Å². The third-order valence-electron chi connectivity index (χ3n) is 3.85. The van der Waals surface area contributed by atoms with Crippen molar-refractivity contribution in [1.82, 2.24) is 15.6 Å². The minimum atomic E-state index is -1.12. The molecule has 1 aromatic rings. The average Bonchev–Trinajstić information content (AvgIpc) is 2.46. The van der Waals surface area contributed by atoms with E-state index in [1.54, 1.807) is 0 Å². The van der Waals surface area contributed by atoms with E-state index < -0.39 is 17.5 Å². The zero-order valence-corrected chi connectivity index (χ0v) is 12.2. The molecule has 0 spiro atoms. The molecule has 21 heavy (non-hydrogen) atoms. The van der Waals surface area contributed by atoms with Gasteiger partial charge in [-0.15, -0.1) is 0 Å². The molecule has 6 nitrogen and oxygen atoms in total. The highest BCUT2D eigenvalue weighted by atomic mass is 16.4. The third-order valence-corrected chi connectivity index (χ3v) is 3.85. The van der Waals surface area contributed by atoms with E-state index in [0.717, 1.165) is 30.7 Å². The summed E-state index contributed by atoms with van der Waals surface area (Å²) < 4.78 is 0. The van der Waals surface area contributed by atoms with Crippen LogP contribution in [0.1, 0.15) is 43.5 Å². The predicted octanol–water partition coefficient (Wildman–Crippen LogP) is 1.98. The molecule has 0 bridgehead atoms. The van der Waals surface area contributed by atoms with Crippen molar-refractivity contribution in [3.8, 4) is 0 Å². The number of nitrogens with one attached hydrogen (secondary N) is 2. The van der Waals surface area contributed by atoms with Crippen LogP contribution in [0.25, 0.3) is 0 Å². The Bertz CT molecular complexity index is 525. The first-order valence-corrected chi connectivity index (χ1v) is 7.24. The van der Waals surface area contributed by atoms with Crippen molar-refractivity contribution < 1.29 is 14.7 Å². The summed E-state index contributed by atoms with van der Waals surface area (Å²) in [6.07, 6.45) is 3.64. The van der Waals surface area contributed by atoms with Gasteiger partial charge >= 0.3 is 12.0 Å². The second kappa shape index (κ2) is 6.56. The molecule has 1 fully saturated rings. The van der Waals surface area contributed by atoms with Crippen LogP contribution in [0.2, 0.25) is 0 Å². The number of aliphatic carboxylic acids is 1. The third kappa shape index (κ3) is 3.93. The first kappa shape index (κ1) is 15.3. The topological polar surface area (TPSA) is 91.3 Å². The van der Waals surface area contributed by atoms with Gasteiger partial charge in [0.05, 0.1) is 12.2 Å². The number of carboxylic acids is 1. The second-order valence-corrected chi connectivity index (χ2v) is 5.53. The van der Waals surface area contributed by atoms with Crippen LogP contribution >= 0.6 is 0 Å². The quantitative estimate of drug-likeness (QED) is 0.791. The fourth-order valence-electron chi connectivity index (χ4n) is 2.68. The molecule has 2 amide bonds. The highest BCUT2D eigenvalue weighted by Gasteiger charge is 2.40. The van der Waals surface area contributed by atoms with Crippen molar-refractivity contribution in [2.75, 3.05) is 0 Å². The molecule has 0 saturated heterocycles. The fraction of sp³-hybridized carbons (Fsp3) is 0.533. The Balaban J connectivity index is 1.92. The molecule has 1 saturated carbocycles. The van der Waals surface area contributed by atoms with Gasteiger partial charge in [-0.2, -0.15) is 0 Å². The molecule has 0 aliphatic heterocycles. The summed E-state index contributed by atoms with van der Waals surface area (Å²) in [5.74, 6) is -0.953. The Labute approximate surface area is 124 Å². The van der Waals surface area contributed by atoms with Gasteiger partial charge in [0, 0.05) is 5.69 Å². The Morgan fingerprint density at radius 2 is 2.00 bits per heavy atom. The molecule has 1 aliphatic carbocycles. The number of aromatic nitrogens is 1. The highest BCUT2D eigenvalue weighted by molar-refractivity contribution is 5.86. The predicted molar refractivity (Wildman–Crippen MR) is 77.8 cm³/mol. The number of carboxylic acid groups (broad SMARTS) is 1. The Kier molecular flexibility index (Phi) is 4.77. The van der Waals surface area contributed by atoms with Gasteiger partial charge in [-0.05, 0) is 31.9 Å². The summed E-state index contributed by atoms with van der Waals surface area (Å²) in [5.41, 5.74) is 0.504. The highest BCUT2D eigenvalue weighted by Crippen LogP contribution is 2.28. The van der Waals surface area contributed by atoms with Crippen molar-refractivity contribution in [3.63, 3.8) is 0 Å². The molecule has 1 aliphatic rings. The first-order valence-electron chi connectivity index (χ1n) is 7.24. The van der Waals surface area contributed by atoms with Crippen LogP contribution in [0.4, 0.5) is 4.79 Å². The van der Waals surface area contributed by atoms with Crippen LogP contribution in [0, 0.1) is 6.92 Å². The molecule has 0 aromatic carbocycles. The minimum Gasteiger partial charge on any atom is -0.480 e. The zero-order chi connectivity index (χ0) is 15.3. The molecule has 3 N–H and O–H groups in total. The van der Waals surface area contributed by atoms with Crippen molar-refractivity contribution in [2.45, 2.75) is 51.1 Å².